The summed E-state index contributed by atoms with van der Waals surface area (Å²) in [6.45, 7) is 1.79. The maximum atomic E-state index is 12.9. The Labute approximate surface area is 165 Å². The molecule has 0 radical (unpaired) electrons. The molecule has 0 saturated carbocycles. The summed E-state index contributed by atoms with van der Waals surface area (Å²) in [4.78, 5) is 39.7. The summed E-state index contributed by atoms with van der Waals surface area (Å²) in [6.07, 6.45) is 1.81. The average molecular weight is 397 g/mol. The molecule has 0 saturated heterocycles. The van der Waals surface area contributed by atoms with Crippen LogP contribution in [0.3, 0.4) is 0 Å². The molecule has 0 aromatic heterocycles. The van der Waals surface area contributed by atoms with Gasteiger partial charge in [0.1, 0.15) is 6.04 Å². The number of primary amides is 1. The molecule has 1 aromatic carbocycles. The van der Waals surface area contributed by atoms with E-state index < -0.39 is 11.9 Å². The molecule has 7 nitrogen and oxygen atoms in total. The number of hydrogen-bond acceptors (Lipinski definition) is 4. The number of nitrogens with zero attached hydrogens (tertiary/aromatic N) is 2. The molecule has 0 heterocycles. The highest BCUT2D eigenvalue weighted by Crippen LogP contribution is 2.16. The minimum atomic E-state index is -0.754. The molecule has 1 unspecified atom stereocenters. The molecule has 3 N–H and O–H groups in total. The fourth-order valence-corrected chi connectivity index (χ4v) is 3.01. The summed E-state index contributed by atoms with van der Waals surface area (Å²) >= 11 is 5.93. The van der Waals surface area contributed by atoms with Crippen molar-refractivity contribution < 1.29 is 14.4 Å². The molecule has 0 aliphatic heterocycles. The first-order valence-corrected chi connectivity index (χ1v) is 9.30. The van der Waals surface area contributed by atoms with Gasteiger partial charge in [-0.25, -0.2) is 0 Å². The van der Waals surface area contributed by atoms with Crippen LogP contribution in [0.4, 0.5) is 0 Å². The quantitative estimate of drug-likeness (QED) is 0.617. The van der Waals surface area contributed by atoms with Crippen molar-refractivity contribution in [2.75, 3.05) is 27.7 Å². The molecule has 3 amide bonds. The SMILES string of the molecule is CCCC(NC)C(=O)N(C)[C@H](Cc1ccc(Cl)cc1)C(=O)N(C)CC(N)=O. The minimum absolute atomic E-state index is 0.167. The van der Waals surface area contributed by atoms with Gasteiger partial charge >= 0.3 is 0 Å². The molecule has 0 aliphatic rings. The summed E-state index contributed by atoms with van der Waals surface area (Å²) in [7, 11) is 4.84. The maximum absolute atomic E-state index is 12.9. The zero-order valence-electron chi connectivity index (χ0n) is 16.4. The van der Waals surface area contributed by atoms with E-state index in [4.69, 9.17) is 17.3 Å². The van der Waals surface area contributed by atoms with E-state index in [0.717, 1.165) is 12.0 Å². The zero-order chi connectivity index (χ0) is 20.6. The summed E-state index contributed by atoms with van der Waals surface area (Å²) in [5.74, 6) is -1.12. The van der Waals surface area contributed by atoms with Crippen molar-refractivity contribution in [3.63, 3.8) is 0 Å². The lowest BCUT2D eigenvalue weighted by Gasteiger charge is -2.33. The van der Waals surface area contributed by atoms with Crippen LogP contribution >= 0.6 is 11.6 Å². The largest absolute Gasteiger partial charge is 0.368 e. The second-order valence-electron chi connectivity index (χ2n) is 6.59. The van der Waals surface area contributed by atoms with Gasteiger partial charge in [0, 0.05) is 25.5 Å². The predicted octanol–water partition coefficient (Wildman–Crippen LogP) is 1.04. The average Bonchev–Trinajstić information content (AvgIpc) is 2.63. The maximum Gasteiger partial charge on any atom is 0.245 e. The minimum Gasteiger partial charge on any atom is -0.368 e. The number of nitrogens with two attached hydrogens (primary N) is 1. The van der Waals surface area contributed by atoms with Crippen molar-refractivity contribution in [1.82, 2.24) is 15.1 Å². The molecular formula is C19H29ClN4O3. The van der Waals surface area contributed by atoms with Crippen LogP contribution in [0.5, 0.6) is 0 Å². The summed E-state index contributed by atoms with van der Waals surface area (Å²) in [6, 6.07) is 5.98. The highest BCUT2D eigenvalue weighted by atomic mass is 35.5. The summed E-state index contributed by atoms with van der Waals surface area (Å²) in [5, 5.41) is 3.60. The fraction of sp³-hybridized carbons (Fsp3) is 0.526. The van der Waals surface area contributed by atoms with E-state index in [2.05, 4.69) is 5.32 Å². The number of hydrogen-bond donors (Lipinski definition) is 2. The van der Waals surface area contributed by atoms with Crippen LogP contribution in [-0.2, 0) is 20.8 Å². The molecular weight excluding hydrogens is 368 g/mol. The fourth-order valence-electron chi connectivity index (χ4n) is 2.88. The molecule has 1 rings (SSSR count). The second-order valence-corrected chi connectivity index (χ2v) is 7.02. The van der Waals surface area contributed by atoms with Gasteiger partial charge in [-0.05, 0) is 31.2 Å². The van der Waals surface area contributed by atoms with Crippen molar-refractivity contribution in [2.45, 2.75) is 38.3 Å². The first-order chi connectivity index (χ1) is 12.7. The topological polar surface area (TPSA) is 95.7 Å². The third-order valence-corrected chi connectivity index (χ3v) is 4.69. The number of carbonyl (C=O) groups is 3. The van der Waals surface area contributed by atoms with Gasteiger partial charge in [0.05, 0.1) is 12.6 Å². The Balaban J connectivity index is 3.10. The van der Waals surface area contributed by atoms with Crippen molar-refractivity contribution >= 4 is 29.3 Å². The van der Waals surface area contributed by atoms with Crippen molar-refractivity contribution in [1.29, 1.82) is 0 Å². The van der Waals surface area contributed by atoms with E-state index in [1.54, 1.807) is 26.2 Å². The molecule has 27 heavy (non-hydrogen) atoms. The van der Waals surface area contributed by atoms with E-state index >= 15 is 0 Å². The number of halogens is 1. The Morgan fingerprint density at radius 2 is 1.74 bits per heavy atom. The molecule has 0 fully saturated rings. The van der Waals surface area contributed by atoms with Crippen LogP contribution in [0.2, 0.25) is 5.02 Å². The monoisotopic (exact) mass is 396 g/mol. The number of benzene rings is 1. The standard InChI is InChI=1S/C19H29ClN4O3/c1-5-6-15(22-2)18(26)24(4)16(19(27)23(3)12-17(21)25)11-13-7-9-14(20)10-8-13/h7-10,15-16,22H,5-6,11-12H2,1-4H3,(H2,21,25)/t15?,16-/m1/s1. The van der Waals surface area contributed by atoms with Gasteiger partial charge in [0.2, 0.25) is 17.7 Å². The van der Waals surface area contributed by atoms with E-state index in [9.17, 15) is 14.4 Å². The molecule has 0 spiro atoms. The Morgan fingerprint density at radius 1 is 1.15 bits per heavy atom. The first kappa shape index (κ1) is 22.9. The molecule has 150 valence electrons. The van der Waals surface area contributed by atoms with Gasteiger partial charge in [-0.1, -0.05) is 37.1 Å². The highest BCUT2D eigenvalue weighted by molar-refractivity contribution is 6.30. The summed E-state index contributed by atoms with van der Waals surface area (Å²) in [5.41, 5.74) is 6.07. The van der Waals surface area contributed by atoms with Crippen LogP contribution in [0.15, 0.2) is 24.3 Å². The number of amides is 3. The van der Waals surface area contributed by atoms with Crippen molar-refractivity contribution in [2.24, 2.45) is 5.73 Å². The number of carbonyl (C=O) groups excluding carboxylic acids is 3. The van der Waals surface area contributed by atoms with Crippen molar-refractivity contribution in [3.8, 4) is 0 Å². The Kier molecular flexibility index (Phi) is 9.25. The number of likely N-dealkylation sites (N-methyl/N-ethyl adjacent to an activating group) is 3. The van der Waals surface area contributed by atoms with Crippen LogP contribution in [-0.4, -0.2) is 67.3 Å². The van der Waals surface area contributed by atoms with Gasteiger partial charge in [-0.15, -0.1) is 0 Å². The lowest BCUT2D eigenvalue weighted by Crippen LogP contribution is -2.54. The zero-order valence-corrected chi connectivity index (χ0v) is 17.1. The molecule has 1 aromatic rings. The lowest BCUT2D eigenvalue weighted by atomic mass is 10.0. The highest BCUT2D eigenvalue weighted by Gasteiger charge is 2.32. The van der Waals surface area contributed by atoms with Crippen LogP contribution in [0.1, 0.15) is 25.3 Å². The van der Waals surface area contributed by atoms with E-state index in [1.807, 2.05) is 19.1 Å². The van der Waals surface area contributed by atoms with Crippen LogP contribution in [0, 0.1) is 0 Å². The second kappa shape index (κ2) is 10.9. The van der Waals surface area contributed by atoms with E-state index in [-0.39, 0.29) is 24.4 Å². The summed E-state index contributed by atoms with van der Waals surface area (Å²) < 4.78 is 0. The number of rotatable bonds is 10. The lowest BCUT2D eigenvalue weighted by molar-refractivity contribution is -0.145. The smallest absolute Gasteiger partial charge is 0.245 e. The number of nitrogens with one attached hydrogen (secondary N) is 1. The van der Waals surface area contributed by atoms with Gasteiger partial charge in [0.15, 0.2) is 0 Å². The Morgan fingerprint density at radius 3 is 2.22 bits per heavy atom. The van der Waals surface area contributed by atoms with Gasteiger partial charge in [-0.2, -0.15) is 0 Å². The first-order valence-electron chi connectivity index (χ1n) is 8.92. The van der Waals surface area contributed by atoms with Gasteiger partial charge in [-0.3, -0.25) is 14.4 Å². The molecule has 2 atom stereocenters. The molecule has 8 heteroatoms. The Hall–Kier alpha value is -2.12. The van der Waals surface area contributed by atoms with Gasteiger partial charge < -0.3 is 20.9 Å². The normalized spacial score (nSPS) is 12.9. The van der Waals surface area contributed by atoms with Gasteiger partial charge in [0.25, 0.3) is 0 Å². The van der Waals surface area contributed by atoms with Crippen LogP contribution < -0.4 is 11.1 Å². The third kappa shape index (κ3) is 6.84. The van der Waals surface area contributed by atoms with E-state index in [1.165, 1.54) is 16.8 Å². The molecule has 0 bridgehead atoms. The van der Waals surface area contributed by atoms with Crippen molar-refractivity contribution in [3.05, 3.63) is 34.9 Å². The third-order valence-electron chi connectivity index (χ3n) is 4.44. The predicted molar refractivity (Wildman–Crippen MR) is 106 cm³/mol. The Bertz CT molecular complexity index is 651. The van der Waals surface area contributed by atoms with Crippen LogP contribution in [0.25, 0.3) is 0 Å². The molecule has 0 aliphatic carbocycles. The van der Waals surface area contributed by atoms with E-state index in [0.29, 0.717) is 17.9 Å².